The maximum absolute atomic E-state index is 12.8. The fourth-order valence-electron chi connectivity index (χ4n) is 3.08. The number of hydrazone groups is 1. The third kappa shape index (κ3) is 4.42. The molecule has 0 spiro atoms. The number of nitrogen functional groups attached to an aromatic ring is 1. The van der Waals surface area contributed by atoms with E-state index in [1.807, 2.05) is 0 Å². The van der Waals surface area contributed by atoms with Gasteiger partial charge in [0.2, 0.25) is 11.6 Å². The fraction of sp³-hybridized carbons (Fsp3) is 0.294. The summed E-state index contributed by atoms with van der Waals surface area (Å²) in [5, 5.41) is 30.1. The van der Waals surface area contributed by atoms with E-state index in [4.69, 9.17) is 10.5 Å². The van der Waals surface area contributed by atoms with Gasteiger partial charge in [0.05, 0.1) is 35.6 Å². The summed E-state index contributed by atoms with van der Waals surface area (Å²) >= 11 is 0. The average molecular weight is 442 g/mol. The summed E-state index contributed by atoms with van der Waals surface area (Å²) < 4.78 is 11.3. The van der Waals surface area contributed by atoms with Gasteiger partial charge in [-0.2, -0.15) is 9.78 Å². The van der Waals surface area contributed by atoms with Gasteiger partial charge in [-0.25, -0.2) is 10.1 Å². The van der Waals surface area contributed by atoms with Gasteiger partial charge >= 0.3 is 0 Å². The maximum atomic E-state index is 12.8. The van der Waals surface area contributed by atoms with Gasteiger partial charge in [-0.1, -0.05) is 17.3 Å². The zero-order valence-electron chi connectivity index (χ0n) is 16.6. The van der Waals surface area contributed by atoms with Crippen LogP contribution in [0.5, 0.6) is 0 Å². The molecule has 2 aromatic heterocycles. The number of nitro groups is 1. The van der Waals surface area contributed by atoms with E-state index in [2.05, 4.69) is 40.7 Å². The summed E-state index contributed by atoms with van der Waals surface area (Å²) in [6.07, 6.45) is 1.18. The normalized spacial score (nSPS) is 14.6. The smallest absolute Gasteiger partial charge is 0.293 e. The van der Waals surface area contributed by atoms with Gasteiger partial charge < -0.3 is 10.5 Å². The molecule has 0 atom stereocenters. The number of carbonyl (C=O) groups excluding carboxylic acids is 1. The molecule has 3 heterocycles. The topological polar surface area (TPSA) is 193 Å². The number of nitrogens with two attached hydrogens (primary N) is 1. The molecule has 1 saturated heterocycles. The lowest BCUT2D eigenvalue weighted by atomic mass is 10.2. The number of para-hydroxylation sites is 1. The van der Waals surface area contributed by atoms with E-state index in [0.29, 0.717) is 38.5 Å². The number of anilines is 1. The van der Waals surface area contributed by atoms with Crippen molar-refractivity contribution in [2.45, 2.75) is 6.54 Å². The fourth-order valence-corrected chi connectivity index (χ4v) is 3.08. The van der Waals surface area contributed by atoms with Crippen molar-refractivity contribution in [1.82, 2.24) is 35.6 Å². The van der Waals surface area contributed by atoms with Crippen molar-refractivity contribution in [1.29, 1.82) is 0 Å². The minimum Gasteiger partial charge on any atom is -0.379 e. The molecule has 1 aliphatic heterocycles. The number of ether oxygens (including phenoxy) is 1. The van der Waals surface area contributed by atoms with E-state index < -0.39 is 10.8 Å². The Bertz CT molecular complexity index is 1150. The molecular weight excluding hydrogens is 424 g/mol. The Kier molecular flexibility index (Phi) is 6.09. The molecule has 15 nitrogen and oxygen atoms in total. The Labute approximate surface area is 179 Å². The van der Waals surface area contributed by atoms with Gasteiger partial charge in [0.25, 0.3) is 11.6 Å². The van der Waals surface area contributed by atoms with Gasteiger partial charge in [0.1, 0.15) is 0 Å². The SMILES string of the molecule is Nc1nonc1-n1nnc(C(=O)N/N=C/c2ccccc2[N+](=O)[O-])c1CN1CCOCC1. The lowest BCUT2D eigenvalue weighted by Crippen LogP contribution is -2.37. The van der Waals surface area contributed by atoms with Gasteiger partial charge in [0, 0.05) is 25.7 Å². The number of nitrogens with one attached hydrogen (secondary N) is 1. The van der Waals surface area contributed by atoms with Crippen LogP contribution in [0, 0.1) is 10.1 Å². The van der Waals surface area contributed by atoms with Crippen LogP contribution in [-0.2, 0) is 11.3 Å². The predicted molar refractivity (Wildman–Crippen MR) is 108 cm³/mol. The Morgan fingerprint density at radius 3 is 2.81 bits per heavy atom. The van der Waals surface area contributed by atoms with Gasteiger partial charge in [-0.15, -0.1) is 5.10 Å². The molecule has 32 heavy (non-hydrogen) atoms. The second-order valence-corrected chi connectivity index (χ2v) is 6.67. The summed E-state index contributed by atoms with van der Waals surface area (Å²) in [6.45, 7) is 2.70. The van der Waals surface area contributed by atoms with Crippen LogP contribution in [0.3, 0.4) is 0 Å². The Morgan fingerprint density at radius 2 is 2.09 bits per heavy atom. The molecule has 0 saturated carbocycles. The molecule has 166 valence electrons. The maximum Gasteiger partial charge on any atom is 0.293 e. The highest BCUT2D eigenvalue weighted by molar-refractivity contribution is 5.94. The van der Waals surface area contributed by atoms with E-state index >= 15 is 0 Å². The van der Waals surface area contributed by atoms with Crippen molar-refractivity contribution in [2.75, 3.05) is 32.0 Å². The molecule has 1 aliphatic rings. The lowest BCUT2D eigenvalue weighted by Gasteiger charge is -2.26. The third-order valence-corrected chi connectivity index (χ3v) is 4.65. The molecule has 1 fully saturated rings. The van der Waals surface area contributed by atoms with E-state index in [1.54, 1.807) is 6.07 Å². The minimum atomic E-state index is -0.663. The lowest BCUT2D eigenvalue weighted by molar-refractivity contribution is -0.385. The largest absolute Gasteiger partial charge is 0.379 e. The second-order valence-electron chi connectivity index (χ2n) is 6.67. The molecule has 0 unspecified atom stereocenters. The van der Waals surface area contributed by atoms with Crippen LogP contribution >= 0.6 is 0 Å². The highest BCUT2D eigenvalue weighted by Crippen LogP contribution is 2.18. The standard InChI is InChI=1S/C17H18N10O5/c18-15-16(23-32-22-15)26-13(10-25-5-7-31-8-6-25)14(20-24-26)17(28)21-19-9-11-3-1-2-4-12(11)27(29)30/h1-4,9H,5-8,10H2,(H2,18,22)(H,21,28)/b19-9+. The molecule has 3 aromatic rings. The molecule has 1 aromatic carbocycles. The first-order chi connectivity index (χ1) is 15.5. The van der Waals surface area contributed by atoms with Crippen molar-refractivity contribution in [2.24, 2.45) is 5.10 Å². The highest BCUT2D eigenvalue weighted by atomic mass is 16.6. The van der Waals surface area contributed by atoms with Crippen molar-refractivity contribution >= 4 is 23.6 Å². The average Bonchev–Trinajstić information content (AvgIpc) is 3.40. The minimum absolute atomic E-state index is 0.0144. The quantitative estimate of drug-likeness (QED) is 0.278. The summed E-state index contributed by atoms with van der Waals surface area (Å²) in [4.78, 5) is 25.4. The zero-order chi connectivity index (χ0) is 22.5. The summed E-state index contributed by atoms with van der Waals surface area (Å²) in [7, 11) is 0. The number of hydrogen-bond donors (Lipinski definition) is 2. The molecule has 0 radical (unpaired) electrons. The Hall–Kier alpha value is -4.24. The number of nitro benzene ring substituents is 1. The summed E-state index contributed by atoms with van der Waals surface area (Å²) in [5.41, 5.74) is 8.57. The van der Waals surface area contributed by atoms with Crippen LogP contribution in [0.2, 0.25) is 0 Å². The third-order valence-electron chi connectivity index (χ3n) is 4.65. The van der Waals surface area contributed by atoms with Gasteiger partial charge in [-0.3, -0.25) is 19.8 Å². The van der Waals surface area contributed by atoms with Crippen LogP contribution in [0.4, 0.5) is 11.5 Å². The van der Waals surface area contributed by atoms with Crippen LogP contribution in [-0.4, -0.2) is 73.6 Å². The number of aromatic nitrogens is 5. The van der Waals surface area contributed by atoms with Crippen molar-refractivity contribution < 1.29 is 19.1 Å². The molecule has 1 amide bonds. The highest BCUT2D eigenvalue weighted by Gasteiger charge is 2.26. The van der Waals surface area contributed by atoms with Crippen LogP contribution < -0.4 is 11.2 Å². The molecule has 3 N–H and O–H groups in total. The number of carbonyl (C=O) groups is 1. The predicted octanol–water partition coefficient (Wildman–Crippen LogP) is -0.263. The zero-order valence-corrected chi connectivity index (χ0v) is 16.6. The Morgan fingerprint density at radius 1 is 1.31 bits per heavy atom. The molecular formula is C17H18N10O5. The number of nitrogens with zero attached hydrogens (tertiary/aromatic N) is 8. The van der Waals surface area contributed by atoms with E-state index in [0.717, 1.165) is 0 Å². The number of amides is 1. The first-order valence-electron chi connectivity index (χ1n) is 9.44. The first kappa shape index (κ1) is 21.0. The van der Waals surface area contributed by atoms with Crippen molar-refractivity contribution in [3.63, 3.8) is 0 Å². The van der Waals surface area contributed by atoms with Crippen LogP contribution in [0.1, 0.15) is 21.7 Å². The van der Waals surface area contributed by atoms with E-state index in [1.165, 1.54) is 29.1 Å². The van der Waals surface area contributed by atoms with Crippen molar-refractivity contribution in [3.8, 4) is 5.82 Å². The molecule has 4 rings (SSSR count). The van der Waals surface area contributed by atoms with Gasteiger partial charge in [0.15, 0.2) is 5.69 Å². The van der Waals surface area contributed by atoms with Gasteiger partial charge in [-0.05, 0) is 16.4 Å². The molecule has 15 heteroatoms. The number of morpholine rings is 1. The number of benzene rings is 1. The Balaban J connectivity index is 1.58. The molecule has 0 aliphatic carbocycles. The first-order valence-corrected chi connectivity index (χ1v) is 9.44. The van der Waals surface area contributed by atoms with E-state index in [-0.39, 0.29) is 28.6 Å². The van der Waals surface area contributed by atoms with Crippen LogP contribution in [0.25, 0.3) is 5.82 Å². The van der Waals surface area contributed by atoms with E-state index in [9.17, 15) is 14.9 Å². The summed E-state index contributed by atoms with van der Waals surface area (Å²) in [5.74, 6) is -0.577. The summed E-state index contributed by atoms with van der Waals surface area (Å²) in [6, 6.07) is 6.01. The molecule has 0 bridgehead atoms. The second kappa shape index (κ2) is 9.27. The number of rotatable bonds is 7. The van der Waals surface area contributed by atoms with Crippen molar-refractivity contribution in [3.05, 3.63) is 51.3 Å². The monoisotopic (exact) mass is 442 g/mol. The van der Waals surface area contributed by atoms with Crippen LogP contribution in [0.15, 0.2) is 34.0 Å². The number of hydrogen-bond acceptors (Lipinski definition) is 12.